The van der Waals surface area contributed by atoms with Crippen molar-refractivity contribution in [2.75, 3.05) is 19.3 Å². The number of nitrogens with one attached hydrogen (secondary N) is 2. The maximum atomic E-state index is 11.7. The molecule has 0 atom stereocenters. The molecule has 24 heavy (non-hydrogen) atoms. The third-order valence-electron chi connectivity index (χ3n) is 4.18. The number of sulfone groups is 1. The van der Waals surface area contributed by atoms with Gasteiger partial charge in [-0.1, -0.05) is 25.0 Å². The summed E-state index contributed by atoms with van der Waals surface area (Å²) in [6.07, 6.45) is 6.52. The van der Waals surface area contributed by atoms with Gasteiger partial charge in [0.1, 0.15) is 0 Å². The van der Waals surface area contributed by atoms with Crippen molar-refractivity contribution < 1.29 is 8.42 Å². The Labute approximate surface area is 145 Å². The van der Waals surface area contributed by atoms with Gasteiger partial charge in [0.15, 0.2) is 15.8 Å². The highest BCUT2D eigenvalue weighted by atomic mass is 32.2. The largest absolute Gasteiger partial charge is 0.357 e. The predicted molar refractivity (Wildman–Crippen MR) is 99.1 cm³/mol. The molecule has 6 heteroatoms. The summed E-state index contributed by atoms with van der Waals surface area (Å²) in [5.41, 5.74) is 1.78. The molecular weight excluding hydrogens is 322 g/mol. The Morgan fingerprint density at radius 1 is 1.29 bits per heavy atom. The lowest BCUT2D eigenvalue weighted by Crippen LogP contribution is -2.37. The molecule has 1 aliphatic carbocycles. The second kappa shape index (κ2) is 8.51. The molecule has 1 aromatic carbocycles. The fraction of sp³-hybridized carbons (Fsp3) is 0.611. The van der Waals surface area contributed by atoms with Crippen LogP contribution in [0.5, 0.6) is 0 Å². The van der Waals surface area contributed by atoms with E-state index in [0.717, 1.165) is 36.1 Å². The molecule has 5 nitrogen and oxygen atoms in total. The molecule has 0 radical (unpaired) electrons. The first kappa shape index (κ1) is 18.8. The van der Waals surface area contributed by atoms with Crippen LogP contribution in [0.25, 0.3) is 0 Å². The van der Waals surface area contributed by atoms with Gasteiger partial charge in [-0.3, -0.25) is 0 Å². The normalized spacial score (nSPS) is 15.4. The number of hydrogen-bond acceptors (Lipinski definition) is 3. The van der Waals surface area contributed by atoms with Crippen LogP contribution in [0.2, 0.25) is 0 Å². The standard InChI is InChI=1S/C18H29N3O2S/c1-4-19-18(20-11-5-6-15-7-8-15)21-13-16-9-10-17(14(2)12-16)24(3,22)23/h9-10,12,15H,4-8,11,13H2,1-3H3,(H2,19,20,21). The van der Waals surface area contributed by atoms with Crippen LogP contribution in [0, 0.1) is 12.8 Å². The van der Waals surface area contributed by atoms with E-state index in [-0.39, 0.29) is 0 Å². The second-order valence-electron chi connectivity index (χ2n) is 6.58. The van der Waals surface area contributed by atoms with Crippen LogP contribution in [0.15, 0.2) is 28.1 Å². The molecule has 1 aromatic rings. The Morgan fingerprint density at radius 2 is 2.04 bits per heavy atom. The third kappa shape index (κ3) is 6.15. The summed E-state index contributed by atoms with van der Waals surface area (Å²) in [5.74, 6) is 1.78. The molecule has 1 fully saturated rings. The van der Waals surface area contributed by atoms with Gasteiger partial charge in [0, 0.05) is 19.3 Å². The van der Waals surface area contributed by atoms with E-state index in [9.17, 15) is 8.42 Å². The molecule has 2 N–H and O–H groups in total. The molecule has 1 saturated carbocycles. The molecule has 0 saturated heterocycles. The number of nitrogens with zero attached hydrogens (tertiary/aromatic N) is 1. The van der Waals surface area contributed by atoms with Crippen LogP contribution < -0.4 is 10.6 Å². The van der Waals surface area contributed by atoms with Crippen molar-refractivity contribution in [3.63, 3.8) is 0 Å². The summed E-state index contributed by atoms with van der Waals surface area (Å²) in [7, 11) is -3.17. The number of rotatable bonds is 8. The Kier molecular flexibility index (Phi) is 6.66. The average molecular weight is 352 g/mol. The van der Waals surface area contributed by atoms with Crippen molar-refractivity contribution in [2.45, 2.75) is 51.0 Å². The first-order valence-electron chi connectivity index (χ1n) is 8.72. The Hall–Kier alpha value is -1.56. The zero-order valence-electron chi connectivity index (χ0n) is 14.9. The van der Waals surface area contributed by atoms with Gasteiger partial charge in [-0.25, -0.2) is 13.4 Å². The number of guanidine groups is 1. The summed E-state index contributed by atoms with van der Waals surface area (Å²) in [6, 6.07) is 5.41. The lowest BCUT2D eigenvalue weighted by atomic mass is 10.1. The Bertz CT molecular complexity index is 680. The minimum absolute atomic E-state index is 0.389. The molecule has 0 unspecified atom stereocenters. The van der Waals surface area contributed by atoms with Crippen LogP contribution in [0.4, 0.5) is 0 Å². The fourth-order valence-electron chi connectivity index (χ4n) is 2.74. The van der Waals surface area contributed by atoms with E-state index < -0.39 is 9.84 Å². The minimum atomic E-state index is -3.17. The summed E-state index contributed by atoms with van der Waals surface area (Å²) >= 11 is 0. The van der Waals surface area contributed by atoms with Gasteiger partial charge in [-0.2, -0.15) is 0 Å². The summed E-state index contributed by atoms with van der Waals surface area (Å²) in [6.45, 7) is 6.16. The quantitative estimate of drug-likeness (QED) is 0.429. The minimum Gasteiger partial charge on any atom is -0.357 e. The van der Waals surface area contributed by atoms with E-state index in [2.05, 4.69) is 15.6 Å². The topological polar surface area (TPSA) is 70.6 Å². The number of aryl methyl sites for hydroxylation is 1. The number of benzene rings is 1. The molecule has 1 aliphatic rings. The average Bonchev–Trinajstić information content (AvgIpc) is 3.32. The lowest BCUT2D eigenvalue weighted by molar-refractivity contribution is 0.601. The molecule has 0 aliphatic heterocycles. The predicted octanol–water partition coefficient (Wildman–Crippen LogP) is 2.64. The van der Waals surface area contributed by atoms with Gasteiger partial charge in [0.2, 0.25) is 0 Å². The molecule has 0 heterocycles. The molecule has 2 rings (SSSR count). The third-order valence-corrected chi connectivity index (χ3v) is 5.44. The highest BCUT2D eigenvalue weighted by Gasteiger charge is 2.19. The van der Waals surface area contributed by atoms with Crippen molar-refractivity contribution in [2.24, 2.45) is 10.9 Å². The van der Waals surface area contributed by atoms with Crippen LogP contribution >= 0.6 is 0 Å². The lowest BCUT2D eigenvalue weighted by Gasteiger charge is -2.11. The SMILES string of the molecule is CCNC(=NCc1ccc(S(C)(=O)=O)c(C)c1)NCCCC1CC1. The van der Waals surface area contributed by atoms with Gasteiger partial charge in [0.25, 0.3) is 0 Å². The first-order chi connectivity index (χ1) is 11.4. The van der Waals surface area contributed by atoms with E-state index in [0.29, 0.717) is 11.4 Å². The fourth-order valence-corrected chi connectivity index (χ4v) is 3.70. The van der Waals surface area contributed by atoms with E-state index in [1.165, 1.54) is 31.9 Å². The van der Waals surface area contributed by atoms with Gasteiger partial charge in [-0.05, 0) is 49.8 Å². The molecule has 0 aromatic heterocycles. The second-order valence-corrected chi connectivity index (χ2v) is 8.56. The van der Waals surface area contributed by atoms with Gasteiger partial charge in [-0.15, -0.1) is 0 Å². The first-order valence-corrected chi connectivity index (χ1v) is 10.6. The van der Waals surface area contributed by atoms with Gasteiger partial charge < -0.3 is 10.6 Å². The smallest absolute Gasteiger partial charge is 0.191 e. The zero-order valence-corrected chi connectivity index (χ0v) is 15.7. The van der Waals surface area contributed by atoms with Crippen molar-refractivity contribution in [3.8, 4) is 0 Å². The van der Waals surface area contributed by atoms with Crippen molar-refractivity contribution in [3.05, 3.63) is 29.3 Å². The Balaban J connectivity index is 1.92. The summed E-state index contributed by atoms with van der Waals surface area (Å²) in [4.78, 5) is 4.98. The number of aliphatic imine (C=N–C) groups is 1. The van der Waals surface area contributed by atoms with Crippen LogP contribution in [-0.4, -0.2) is 33.7 Å². The van der Waals surface area contributed by atoms with Gasteiger partial charge in [0.05, 0.1) is 11.4 Å². The Morgan fingerprint density at radius 3 is 2.62 bits per heavy atom. The number of hydrogen-bond donors (Lipinski definition) is 2. The highest BCUT2D eigenvalue weighted by Crippen LogP contribution is 2.33. The molecule has 0 spiro atoms. The van der Waals surface area contributed by atoms with Crippen molar-refractivity contribution in [1.82, 2.24) is 10.6 Å². The van der Waals surface area contributed by atoms with Crippen molar-refractivity contribution >= 4 is 15.8 Å². The molecule has 0 bridgehead atoms. The summed E-state index contributed by atoms with van der Waals surface area (Å²) < 4.78 is 23.3. The van der Waals surface area contributed by atoms with E-state index in [1.807, 2.05) is 26.0 Å². The van der Waals surface area contributed by atoms with Gasteiger partial charge >= 0.3 is 0 Å². The molecular formula is C18H29N3O2S. The molecule has 134 valence electrons. The van der Waals surface area contributed by atoms with E-state index >= 15 is 0 Å². The molecule has 0 amide bonds. The monoisotopic (exact) mass is 351 g/mol. The van der Waals surface area contributed by atoms with Crippen LogP contribution in [-0.2, 0) is 16.4 Å². The van der Waals surface area contributed by atoms with Crippen LogP contribution in [0.3, 0.4) is 0 Å². The highest BCUT2D eigenvalue weighted by molar-refractivity contribution is 7.90. The zero-order chi connectivity index (χ0) is 17.6. The maximum absolute atomic E-state index is 11.7. The maximum Gasteiger partial charge on any atom is 0.191 e. The van der Waals surface area contributed by atoms with Crippen LogP contribution in [0.1, 0.15) is 43.7 Å². The van der Waals surface area contributed by atoms with E-state index in [1.54, 1.807) is 6.07 Å². The van der Waals surface area contributed by atoms with Crippen molar-refractivity contribution in [1.29, 1.82) is 0 Å². The summed E-state index contributed by atoms with van der Waals surface area (Å²) in [5, 5.41) is 6.62. The van der Waals surface area contributed by atoms with E-state index in [4.69, 9.17) is 0 Å².